The van der Waals surface area contributed by atoms with Crippen LogP contribution in [0.5, 0.6) is 0 Å². The van der Waals surface area contributed by atoms with Gasteiger partial charge in [0.15, 0.2) is 0 Å². The maximum Gasteiger partial charge on any atom is 0.325 e. The Labute approximate surface area is 93.4 Å². The zero-order valence-corrected chi connectivity index (χ0v) is 9.10. The van der Waals surface area contributed by atoms with Gasteiger partial charge in [0.1, 0.15) is 12.1 Å². The lowest BCUT2D eigenvalue weighted by Crippen LogP contribution is -2.38. The summed E-state index contributed by atoms with van der Waals surface area (Å²) >= 11 is 0. The summed E-state index contributed by atoms with van der Waals surface area (Å²) in [6.07, 6.45) is 1.96. The average Bonchev–Trinajstić information content (AvgIpc) is 2.66. The molecule has 0 bridgehead atoms. The highest BCUT2D eigenvalue weighted by molar-refractivity contribution is 5.80. The van der Waals surface area contributed by atoms with Crippen LogP contribution in [0.4, 0.5) is 0 Å². The molecule has 2 unspecified atom stereocenters. The molecule has 6 heteroatoms. The highest BCUT2D eigenvalue weighted by Gasteiger charge is 2.28. The van der Waals surface area contributed by atoms with E-state index >= 15 is 0 Å². The Kier molecular flexibility index (Phi) is 4.45. The SMILES string of the molecule is CCOC(=O)C(N)CC1=CCNC1C(=O)O. The number of nitrogens with one attached hydrogen (secondary N) is 1. The van der Waals surface area contributed by atoms with Crippen molar-refractivity contribution in [1.82, 2.24) is 5.32 Å². The number of carboxylic acid groups (broad SMARTS) is 1. The molecule has 2 atom stereocenters. The van der Waals surface area contributed by atoms with Gasteiger partial charge >= 0.3 is 11.9 Å². The molecule has 1 aliphatic heterocycles. The minimum Gasteiger partial charge on any atom is -0.480 e. The van der Waals surface area contributed by atoms with E-state index in [0.717, 1.165) is 0 Å². The standard InChI is InChI=1S/C10H16N2O4/c1-2-16-10(15)7(11)5-6-3-4-12-8(6)9(13)14/h3,7-8,12H,2,4-5,11H2,1H3,(H,13,14). The molecule has 0 aromatic heterocycles. The van der Waals surface area contributed by atoms with Gasteiger partial charge in [-0.05, 0) is 18.9 Å². The first-order valence-corrected chi connectivity index (χ1v) is 5.13. The van der Waals surface area contributed by atoms with Crippen LogP contribution in [-0.2, 0) is 14.3 Å². The summed E-state index contributed by atoms with van der Waals surface area (Å²) in [6, 6.07) is -1.53. The lowest BCUT2D eigenvalue weighted by Gasteiger charge is -2.14. The van der Waals surface area contributed by atoms with Gasteiger partial charge in [0.05, 0.1) is 6.61 Å². The Bertz CT molecular complexity index is 314. The molecule has 1 aliphatic rings. The van der Waals surface area contributed by atoms with Crippen LogP contribution in [0.3, 0.4) is 0 Å². The zero-order chi connectivity index (χ0) is 12.1. The van der Waals surface area contributed by atoms with E-state index in [9.17, 15) is 9.59 Å². The highest BCUT2D eigenvalue weighted by Crippen LogP contribution is 2.15. The second-order valence-electron chi connectivity index (χ2n) is 3.52. The van der Waals surface area contributed by atoms with E-state index in [1.807, 2.05) is 0 Å². The van der Waals surface area contributed by atoms with Gasteiger partial charge in [0, 0.05) is 6.54 Å². The van der Waals surface area contributed by atoms with E-state index in [0.29, 0.717) is 12.1 Å². The first kappa shape index (κ1) is 12.7. The topological polar surface area (TPSA) is 102 Å². The number of aliphatic carboxylic acids is 1. The van der Waals surface area contributed by atoms with Crippen LogP contribution >= 0.6 is 0 Å². The third-order valence-electron chi connectivity index (χ3n) is 2.35. The van der Waals surface area contributed by atoms with E-state index in [2.05, 4.69) is 5.32 Å². The summed E-state index contributed by atoms with van der Waals surface area (Å²) in [7, 11) is 0. The van der Waals surface area contributed by atoms with Gasteiger partial charge in [-0.15, -0.1) is 0 Å². The molecule has 0 saturated carbocycles. The van der Waals surface area contributed by atoms with Crippen LogP contribution in [0.1, 0.15) is 13.3 Å². The van der Waals surface area contributed by atoms with Crippen LogP contribution in [0.2, 0.25) is 0 Å². The Hall–Kier alpha value is -1.40. The quantitative estimate of drug-likeness (QED) is 0.423. The normalized spacial score (nSPS) is 21.4. The summed E-state index contributed by atoms with van der Waals surface area (Å²) < 4.78 is 4.75. The first-order chi connectivity index (χ1) is 7.56. The van der Waals surface area contributed by atoms with E-state index < -0.39 is 24.0 Å². The average molecular weight is 228 g/mol. The Balaban J connectivity index is 2.53. The Morgan fingerprint density at radius 1 is 1.75 bits per heavy atom. The maximum absolute atomic E-state index is 11.3. The van der Waals surface area contributed by atoms with Gasteiger partial charge in [0.25, 0.3) is 0 Å². The van der Waals surface area contributed by atoms with Crippen LogP contribution in [0.25, 0.3) is 0 Å². The van der Waals surface area contributed by atoms with Gasteiger partial charge < -0.3 is 15.6 Å². The molecule has 0 amide bonds. The summed E-state index contributed by atoms with van der Waals surface area (Å²) in [5, 5.41) is 11.7. The van der Waals surface area contributed by atoms with Crippen molar-refractivity contribution in [3.8, 4) is 0 Å². The first-order valence-electron chi connectivity index (χ1n) is 5.13. The van der Waals surface area contributed by atoms with Crippen LogP contribution in [0, 0.1) is 0 Å². The molecule has 1 heterocycles. The fourth-order valence-corrected chi connectivity index (χ4v) is 1.59. The number of nitrogens with two attached hydrogens (primary N) is 1. The number of carboxylic acids is 1. The van der Waals surface area contributed by atoms with Crippen molar-refractivity contribution in [1.29, 1.82) is 0 Å². The summed E-state index contributed by atoms with van der Waals surface area (Å²) in [4.78, 5) is 22.1. The number of carbonyl (C=O) groups is 2. The van der Waals surface area contributed by atoms with E-state index in [-0.39, 0.29) is 13.0 Å². The van der Waals surface area contributed by atoms with Gasteiger partial charge in [-0.1, -0.05) is 6.08 Å². The molecule has 90 valence electrons. The number of carbonyl (C=O) groups excluding carboxylic acids is 1. The lowest BCUT2D eigenvalue weighted by atomic mass is 10.0. The second kappa shape index (κ2) is 5.62. The molecular formula is C10H16N2O4. The molecule has 4 N–H and O–H groups in total. The monoisotopic (exact) mass is 228 g/mol. The largest absolute Gasteiger partial charge is 0.480 e. The second-order valence-corrected chi connectivity index (χ2v) is 3.52. The molecular weight excluding hydrogens is 212 g/mol. The molecule has 0 aromatic carbocycles. The zero-order valence-electron chi connectivity index (χ0n) is 9.10. The fourth-order valence-electron chi connectivity index (χ4n) is 1.59. The number of hydrogen-bond acceptors (Lipinski definition) is 5. The van der Waals surface area contributed by atoms with Crippen molar-refractivity contribution < 1.29 is 19.4 Å². The van der Waals surface area contributed by atoms with E-state index in [4.69, 9.17) is 15.6 Å². The molecule has 0 aliphatic carbocycles. The third kappa shape index (κ3) is 3.04. The molecule has 16 heavy (non-hydrogen) atoms. The molecule has 0 spiro atoms. The Morgan fingerprint density at radius 2 is 2.44 bits per heavy atom. The molecule has 0 fully saturated rings. The number of ether oxygens (including phenoxy) is 1. The number of rotatable bonds is 5. The minimum absolute atomic E-state index is 0.211. The van der Waals surface area contributed by atoms with Gasteiger partial charge in [-0.25, -0.2) is 0 Å². The van der Waals surface area contributed by atoms with E-state index in [1.54, 1.807) is 13.0 Å². The van der Waals surface area contributed by atoms with Gasteiger partial charge in [-0.2, -0.15) is 0 Å². The van der Waals surface area contributed by atoms with Crippen molar-refractivity contribution >= 4 is 11.9 Å². The molecule has 1 rings (SSSR count). The smallest absolute Gasteiger partial charge is 0.325 e. The van der Waals surface area contributed by atoms with Crippen LogP contribution in [-0.4, -0.2) is 42.3 Å². The minimum atomic E-state index is -0.959. The molecule has 0 aromatic rings. The van der Waals surface area contributed by atoms with Crippen molar-refractivity contribution in [3.63, 3.8) is 0 Å². The number of esters is 1. The summed E-state index contributed by atoms with van der Waals surface area (Å²) in [5.41, 5.74) is 6.24. The fraction of sp³-hybridized carbons (Fsp3) is 0.600. The van der Waals surface area contributed by atoms with Crippen LogP contribution < -0.4 is 11.1 Å². The molecule has 6 nitrogen and oxygen atoms in total. The van der Waals surface area contributed by atoms with Crippen molar-refractivity contribution in [2.45, 2.75) is 25.4 Å². The van der Waals surface area contributed by atoms with Gasteiger partial charge in [0.2, 0.25) is 0 Å². The highest BCUT2D eigenvalue weighted by atomic mass is 16.5. The number of hydrogen-bond donors (Lipinski definition) is 3. The summed E-state index contributed by atoms with van der Waals surface area (Å²) in [5.74, 6) is -1.46. The maximum atomic E-state index is 11.3. The van der Waals surface area contributed by atoms with Crippen molar-refractivity contribution in [2.24, 2.45) is 5.73 Å². The lowest BCUT2D eigenvalue weighted by molar-refractivity contribution is -0.145. The Morgan fingerprint density at radius 3 is 3.00 bits per heavy atom. The summed E-state index contributed by atoms with van der Waals surface area (Å²) in [6.45, 7) is 2.45. The third-order valence-corrected chi connectivity index (χ3v) is 2.35. The molecule has 0 saturated heterocycles. The van der Waals surface area contributed by atoms with Gasteiger partial charge in [-0.3, -0.25) is 14.9 Å². The molecule has 0 radical (unpaired) electrons. The predicted octanol–water partition coefficient (Wildman–Crippen LogP) is -0.750. The predicted molar refractivity (Wildman–Crippen MR) is 56.7 cm³/mol. The van der Waals surface area contributed by atoms with E-state index in [1.165, 1.54) is 0 Å². The van der Waals surface area contributed by atoms with Crippen molar-refractivity contribution in [3.05, 3.63) is 11.6 Å². The van der Waals surface area contributed by atoms with Crippen LogP contribution in [0.15, 0.2) is 11.6 Å². The van der Waals surface area contributed by atoms with Crippen molar-refractivity contribution in [2.75, 3.05) is 13.2 Å².